The Labute approximate surface area is 160 Å². The van der Waals surface area contributed by atoms with Crippen LogP contribution in [0, 0.1) is 0 Å². The summed E-state index contributed by atoms with van der Waals surface area (Å²) in [5.41, 5.74) is 0.818. The number of piperazine rings is 1. The van der Waals surface area contributed by atoms with Gasteiger partial charge in [-0.15, -0.1) is 0 Å². The lowest BCUT2D eigenvalue weighted by Crippen LogP contribution is -2.50. The Bertz CT molecular complexity index is 713. The number of aromatic nitrogens is 1. The van der Waals surface area contributed by atoms with Crippen LogP contribution >= 0.6 is 0 Å². The second-order valence-electron chi connectivity index (χ2n) is 7.28. The molecule has 3 heterocycles. The van der Waals surface area contributed by atoms with E-state index in [9.17, 15) is 14.4 Å². The van der Waals surface area contributed by atoms with Crippen LogP contribution in [0.15, 0.2) is 18.3 Å². The highest BCUT2D eigenvalue weighted by Gasteiger charge is 2.28. The molecule has 0 spiro atoms. The standard InChI is InChI=1S/C20H28N4O3/c1-3-17-6-4-5-9-24(17)20(27)18-14-16(7-8-21-18)19(26)23-12-10-22(11-13-23)15(2)25/h7-8,14,17H,3-6,9-13H2,1-2H3. The Hall–Kier alpha value is -2.44. The molecule has 1 aromatic heterocycles. The molecule has 0 aliphatic carbocycles. The summed E-state index contributed by atoms with van der Waals surface area (Å²) in [7, 11) is 0. The molecule has 7 heteroatoms. The Morgan fingerprint density at radius 3 is 2.41 bits per heavy atom. The fourth-order valence-electron chi connectivity index (χ4n) is 3.93. The average molecular weight is 372 g/mol. The molecule has 7 nitrogen and oxygen atoms in total. The molecule has 2 fully saturated rings. The molecule has 0 radical (unpaired) electrons. The molecule has 2 aliphatic rings. The molecule has 1 atom stereocenters. The summed E-state index contributed by atoms with van der Waals surface area (Å²) in [6.45, 7) is 6.51. The zero-order valence-electron chi connectivity index (χ0n) is 16.2. The van der Waals surface area contributed by atoms with Gasteiger partial charge in [0.2, 0.25) is 5.91 Å². The van der Waals surface area contributed by atoms with E-state index in [0.29, 0.717) is 37.4 Å². The van der Waals surface area contributed by atoms with Crippen LogP contribution in [0.3, 0.4) is 0 Å². The summed E-state index contributed by atoms with van der Waals surface area (Å²) in [4.78, 5) is 46.8. The smallest absolute Gasteiger partial charge is 0.272 e. The van der Waals surface area contributed by atoms with E-state index in [1.807, 2.05) is 4.90 Å². The van der Waals surface area contributed by atoms with E-state index in [2.05, 4.69) is 11.9 Å². The predicted molar refractivity (Wildman–Crippen MR) is 101 cm³/mol. The summed E-state index contributed by atoms with van der Waals surface area (Å²) in [6.07, 6.45) is 5.67. The van der Waals surface area contributed by atoms with Gasteiger partial charge in [0.15, 0.2) is 0 Å². The molecule has 146 valence electrons. The maximum atomic E-state index is 12.9. The fourth-order valence-corrected chi connectivity index (χ4v) is 3.93. The third-order valence-corrected chi connectivity index (χ3v) is 5.60. The van der Waals surface area contributed by atoms with Crippen molar-refractivity contribution >= 4 is 17.7 Å². The molecule has 0 saturated carbocycles. The predicted octanol–water partition coefficient (Wildman–Crippen LogP) is 1.79. The number of pyridine rings is 1. The van der Waals surface area contributed by atoms with E-state index in [4.69, 9.17) is 0 Å². The molecule has 0 bridgehead atoms. The maximum Gasteiger partial charge on any atom is 0.272 e. The van der Waals surface area contributed by atoms with Crippen molar-refractivity contribution in [2.45, 2.75) is 45.6 Å². The van der Waals surface area contributed by atoms with E-state index in [1.54, 1.807) is 28.9 Å². The highest BCUT2D eigenvalue weighted by atomic mass is 16.2. The van der Waals surface area contributed by atoms with Gasteiger partial charge in [-0.2, -0.15) is 0 Å². The lowest BCUT2D eigenvalue weighted by atomic mass is 9.99. The number of carbonyl (C=O) groups is 3. The molecular formula is C20H28N4O3. The Morgan fingerprint density at radius 1 is 1.04 bits per heavy atom. The van der Waals surface area contributed by atoms with E-state index < -0.39 is 0 Å². The Morgan fingerprint density at radius 2 is 1.74 bits per heavy atom. The average Bonchev–Trinajstić information content (AvgIpc) is 2.72. The van der Waals surface area contributed by atoms with Gasteiger partial charge in [0.1, 0.15) is 5.69 Å². The zero-order chi connectivity index (χ0) is 19.4. The van der Waals surface area contributed by atoms with E-state index in [-0.39, 0.29) is 23.8 Å². The third-order valence-electron chi connectivity index (χ3n) is 5.60. The van der Waals surface area contributed by atoms with Crippen LogP contribution in [0.1, 0.15) is 60.4 Å². The van der Waals surface area contributed by atoms with E-state index in [0.717, 1.165) is 32.2 Å². The number of hydrogen-bond donors (Lipinski definition) is 0. The van der Waals surface area contributed by atoms with Crippen LogP contribution in [0.2, 0.25) is 0 Å². The van der Waals surface area contributed by atoms with E-state index >= 15 is 0 Å². The first-order chi connectivity index (χ1) is 13.0. The number of rotatable bonds is 3. The molecule has 0 N–H and O–H groups in total. The second-order valence-corrected chi connectivity index (χ2v) is 7.28. The van der Waals surface area contributed by atoms with Gasteiger partial charge in [-0.05, 0) is 37.8 Å². The van der Waals surface area contributed by atoms with Gasteiger partial charge in [-0.25, -0.2) is 0 Å². The Kier molecular flexibility index (Phi) is 6.08. The minimum Gasteiger partial charge on any atom is -0.339 e. The molecule has 3 amide bonds. The first kappa shape index (κ1) is 19.3. The third kappa shape index (κ3) is 4.28. The van der Waals surface area contributed by atoms with Crippen LogP contribution in [-0.2, 0) is 4.79 Å². The molecule has 3 rings (SSSR count). The lowest BCUT2D eigenvalue weighted by Gasteiger charge is -2.35. The summed E-state index contributed by atoms with van der Waals surface area (Å²) < 4.78 is 0. The van der Waals surface area contributed by atoms with Crippen LogP contribution in [0.25, 0.3) is 0 Å². The number of amides is 3. The van der Waals surface area contributed by atoms with Gasteiger partial charge in [-0.3, -0.25) is 19.4 Å². The van der Waals surface area contributed by atoms with Crippen molar-refractivity contribution in [3.05, 3.63) is 29.6 Å². The SMILES string of the molecule is CCC1CCCCN1C(=O)c1cc(C(=O)N2CCN(C(C)=O)CC2)ccn1. The number of nitrogens with zero attached hydrogens (tertiary/aromatic N) is 4. The first-order valence-electron chi connectivity index (χ1n) is 9.83. The highest BCUT2D eigenvalue weighted by molar-refractivity contribution is 5.98. The quantitative estimate of drug-likeness (QED) is 0.811. The molecule has 1 aromatic rings. The summed E-state index contributed by atoms with van der Waals surface area (Å²) in [6, 6.07) is 3.53. The zero-order valence-corrected chi connectivity index (χ0v) is 16.2. The normalized spacial score (nSPS) is 20.5. The first-order valence-corrected chi connectivity index (χ1v) is 9.83. The molecule has 2 saturated heterocycles. The largest absolute Gasteiger partial charge is 0.339 e. The van der Waals surface area contributed by atoms with Gasteiger partial charge in [0.25, 0.3) is 11.8 Å². The van der Waals surface area contributed by atoms with Crippen LogP contribution in [-0.4, -0.2) is 76.2 Å². The number of likely N-dealkylation sites (tertiary alicyclic amines) is 1. The summed E-state index contributed by atoms with van der Waals surface area (Å²) in [5.74, 6) is -0.163. The van der Waals surface area contributed by atoms with Gasteiger partial charge in [-0.1, -0.05) is 6.92 Å². The summed E-state index contributed by atoms with van der Waals surface area (Å²) in [5, 5.41) is 0. The minimum absolute atomic E-state index is 0.0332. The molecule has 0 aromatic carbocycles. The van der Waals surface area contributed by atoms with Gasteiger partial charge < -0.3 is 14.7 Å². The van der Waals surface area contributed by atoms with Crippen molar-refractivity contribution in [1.82, 2.24) is 19.7 Å². The van der Waals surface area contributed by atoms with Crippen molar-refractivity contribution in [3.63, 3.8) is 0 Å². The number of piperidine rings is 1. The minimum atomic E-state index is -0.111. The second kappa shape index (κ2) is 8.50. The van der Waals surface area contributed by atoms with Gasteiger partial charge in [0.05, 0.1) is 0 Å². The van der Waals surface area contributed by atoms with Crippen molar-refractivity contribution in [1.29, 1.82) is 0 Å². The summed E-state index contributed by atoms with van der Waals surface area (Å²) >= 11 is 0. The van der Waals surface area contributed by atoms with Gasteiger partial charge in [0, 0.05) is 57.4 Å². The van der Waals surface area contributed by atoms with Crippen molar-refractivity contribution < 1.29 is 14.4 Å². The van der Waals surface area contributed by atoms with Crippen molar-refractivity contribution in [3.8, 4) is 0 Å². The van der Waals surface area contributed by atoms with E-state index in [1.165, 1.54) is 6.20 Å². The molecule has 1 unspecified atom stereocenters. The lowest BCUT2D eigenvalue weighted by molar-refractivity contribution is -0.130. The van der Waals surface area contributed by atoms with Crippen LogP contribution in [0.5, 0.6) is 0 Å². The van der Waals surface area contributed by atoms with Crippen molar-refractivity contribution in [2.24, 2.45) is 0 Å². The maximum absolute atomic E-state index is 12.9. The fraction of sp³-hybridized carbons (Fsp3) is 0.600. The number of hydrogen-bond acceptors (Lipinski definition) is 4. The molecular weight excluding hydrogens is 344 g/mol. The highest BCUT2D eigenvalue weighted by Crippen LogP contribution is 2.21. The van der Waals surface area contributed by atoms with Crippen LogP contribution < -0.4 is 0 Å². The topological polar surface area (TPSA) is 73.8 Å². The van der Waals surface area contributed by atoms with Crippen molar-refractivity contribution in [2.75, 3.05) is 32.7 Å². The molecule has 2 aliphatic heterocycles. The number of carbonyl (C=O) groups excluding carboxylic acids is 3. The monoisotopic (exact) mass is 372 g/mol. The molecule has 27 heavy (non-hydrogen) atoms. The van der Waals surface area contributed by atoms with Gasteiger partial charge >= 0.3 is 0 Å². The van der Waals surface area contributed by atoms with Crippen LogP contribution in [0.4, 0.5) is 0 Å². The Balaban J connectivity index is 1.70.